The third-order valence-corrected chi connectivity index (χ3v) is 5.88. The summed E-state index contributed by atoms with van der Waals surface area (Å²) in [4.78, 5) is 12.3. The molecule has 0 saturated carbocycles. The number of aromatic nitrogens is 3. The fraction of sp³-hybridized carbons (Fsp3) is 0.393. The number of carbonyl (C=O) groups is 1. The minimum absolute atomic E-state index is 0.151. The third-order valence-electron chi connectivity index (χ3n) is 5.88. The smallest absolute Gasteiger partial charge is 0.244 e. The number of nitrogens with one attached hydrogen (secondary N) is 1. The molecule has 1 aliphatic rings. The maximum atomic E-state index is 12.3. The molecule has 2 heterocycles. The molecule has 0 spiro atoms. The van der Waals surface area contributed by atoms with Gasteiger partial charge in [0.15, 0.2) is 11.5 Å². The van der Waals surface area contributed by atoms with E-state index in [4.69, 9.17) is 14.2 Å². The average molecular weight is 491 g/mol. The van der Waals surface area contributed by atoms with E-state index in [9.17, 15) is 4.79 Å². The number of hydrogen-bond donors (Lipinski definition) is 1. The number of aryl methyl sites for hydroxylation is 1. The van der Waals surface area contributed by atoms with Crippen LogP contribution in [0.4, 0.5) is 0 Å². The number of amides is 1. The molecular weight excluding hydrogens is 456 g/mol. The molecule has 36 heavy (non-hydrogen) atoms. The fourth-order valence-electron chi connectivity index (χ4n) is 4.10. The van der Waals surface area contributed by atoms with E-state index in [2.05, 4.69) is 20.1 Å². The summed E-state index contributed by atoms with van der Waals surface area (Å²) in [6.07, 6.45) is 8.50. The summed E-state index contributed by atoms with van der Waals surface area (Å²) in [7, 11) is 0. The van der Waals surface area contributed by atoms with Crippen LogP contribution in [-0.4, -0.2) is 47.0 Å². The molecule has 0 radical (unpaired) electrons. The van der Waals surface area contributed by atoms with E-state index in [1.807, 2.05) is 55.5 Å². The Kier molecular flexibility index (Phi) is 9.36. The number of hydrogen-bond acceptors (Lipinski definition) is 6. The number of nitrogens with zero attached hydrogens (tertiary/aromatic N) is 3. The number of benzene rings is 2. The molecule has 1 amide bonds. The summed E-state index contributed by atoms with van der Waals surface area (Å²) in [5, 5.41) is 11.6. The molecule has 8 heteroatoms. The van der Waals surface area contributed by atoms with Gasteiger partial charge in [0.1, 0.15) is 30.6 Å². The van der Waals surface area contributed by atoms with Crippen LogP contribution in [0.25, 0.3) is 6.08 Å². The van der Waals surface area contributed by atoms with E-state index in [0.717, 1.165) is 42.3 Å². The second-order valence-corrected chi connectivity index (χ2v) is 8.52. The molecule has 0 bridgehead atoms. The number of rotatable bonds is 12. The van der Waals surface area contributed by atoms with Crippen molar-refractivity contribution in [3.8, 4) is 17.2 Å². The standard InChI is InChI=1S/C28H34N4O4/c1-2-34-25-21-22(12-14-24(25)36-20-19-35-23-9-5-3-6-10-23)13-15-28(33)29-17-16-27-31-30-26-11-7-4-8-18-32(26)27/h3,5-6,9-10,12-15,21H,2,4,7-8,11,16-20H2,1H3,(H,29,33). The molecule has 1 N–H and O–H groups in total. The molecule has 8 nitrogen and oxygen atoms in total. The van der Waals surface area contributed by atoms with Crippen molar-refractivity contribution in [2.24, 2.45) is 0 Å². The van der Waals surface area contributed by atoms with E-state index in [0.29, 0.717) is 44.3 Å². The Morgan fingerprint density at radius 2 is 1.86 bits per heavy atom. The Morgan fingerprint density at radius 1 is 1.00 bits per heavy atom. The number of ether oxygens (including phenoxy) is 3. The summed E-state index contributed by atoms with van der Waals surface area (Å²) in [6.45, 7) is 4.73. The normalized spacial score (nSPS) is 13.1. The van der Waals surface area contributed by atoms with Crippen molar-refractivity contribution in [2.75, 3.05) is 26.4 Å². The average Bonchev–Trinajstić information content (AvgIpc) is 3.12. The lowest BCUT2D eigenvalue weighted by Gasteiger charge is -2.13. The van der Waals surface area contributed by atoms with Gasteiger partial charge in [0.25, 0.3) is 0 Å². The van der Waals surface area contributed by atoms with E-state index in [1.54, 1.807) is 6.08 Å². The highest BCUT2D eigenvalue weighted by Crippen LogP contribution is 2.29. The monoisotopic (exact) mass is 490 g/mol. The highest BCUT2D eigenvalue weighted by molar-refractivity contribution is 5.91. The van der Waals surface area contributed by atoms with Gasteiger partial charge in [-0.05, 0) is 55.7 Å². The third kappa shape index (κ3) is 7.34. The van der Waals surface area contributed by atoms with Crippen molar-refractivity contribution in [3.63, 3.8) is 0 Å². The van der Waals surface area contributed by atoms with Gasteiger partial charge < -0.3 is 24.1 Å². The Labute approximate surface area is 212 Å². The lowest BCUT2D eigenvalue weighted by atomic mass is 10.2. The van der Waals surface area contributed by atoms with Crippen molar-refractivity contribution >= 4 is 12.0 Å². The van der Waals surface area contributed by atoms with Gasteiger partial charge in [0.05, 0.1) is 6.61 Å². The molecule has 3 aromatic rings. The highest BCUT2D eigenvalue weighted by atomic mass is 16.5. The maximum absolute atomic E-state index is 12.3. The van der Waals surface area contributed by atoms with E-state index < -0.39 is 0 Å². The molecule has 2 aromatic carbocycles. The largest absolute Gasteiger partial charge is 0.490 e. The molecule has 0 fully saturated rings. The summed E-state index contributed by atoms with van der Waals surface area (Å²) in [5.74, 6) is 3.94. The molecule has 0 saturated heterocycles. The van der Waals surface area contributed by atoms with Gasteiger partial charge in [0, 0.05) is 32.0 Å². The Morgan fingerprint density at radius 3 is 2.72 bits per heavy atom. The molecule has 1 aromatic heterocycles. The SMILES string of the molecule is CCOc1cc(C=CC(=O)NCCc2nnc3n2CCCCC3)ccc1OCCOc1ccccc1. The topological polar surface area (TPSA) is 87.5 Å². The first-order valence-corrected chi connectivity index (χ1v) is 12.7. The zero-order chi connectivity index (χ0) is 25.0. The van der Waals surface area contributed by atoms with Gasteiger partial charge in [-0.25, -0.2) is 0 Å². The summed E-state index contributed by atoms with van der Waals surface area (Å²) in [6, 6.07) is 15.2. The molecule has 190 valence electrons. The van der Waals surface area contributed by atoms with Crippen molar-refractivity contribution in [3.05, 3.63) is 71.8 Å². The van der Waals surface area contributed by atoms with Gasteiger partial charge in [0.2, 0.25) is 5.91 Å². The zero-order valence-electron chi connectivity index (χ0n) is 20.8. The second-order valence-electron chi connectivity index (χ2n) is 8.52. The predicted octanol–water partition coefficient (Wildman–Crippen LogP) is 4.23. The first kappa shape index (κ1) is 25.3. The van der Waals surface area contributed by atoms with Crippen molar-refractivity contribution in [1.29, 1.82) is 0 Å². The molecule has 4 rings (SSSR count). The molecule has 0 aliphatic carbocycles. The Balaban J connectivity index is 1.25. The number of para-hydroxylation sites is 1. The maximum Gasteiger partial charge on any atom is 0.244 e. The van der Waals surface area contributed by atoms with Crippen LogP contribution in [0, 0.1) is 0 Å². The fourth-order valence-corrected chi connectivity index (χ4v) is 4.10. The van der Waals surface area contributed by atoms with Crippen molar-refractivity contribution < 1.29 is 19.0 Å². The number of carbonyl (C=O) groups excluding carboxylic acids is 1. The lowest BCUT2D eigenvalue weighted by Crippen LogP contribution is -2.24. The predicted molar refractivity (Wildman–Crippen MR) is 138 cm³/mol. The van der Waals surface area contributed by atoms with Crippen molar-refractivity contribution in [2.45, 2.75) is 45.6 Å². The Bertz CT molecular complexity index is 1140. The van der Waals surface area contributed by atoms with Crippen LogP contribution in [-0.2, 0) is 24.2 Å². The van der Waals surface area contributed by atoms with Gasteiger partial charge in [-0.1, -0.05) is 30.7 Å². The van der Waals surface area contributed by atoms with Crippen molar-refractivity contribution in [1.82, 2.24) is 20.1 Å². The van der Waals surface area contributed by atoms with E-state index >= 15 is 0 Å². The van der Waals surface area contributed by atoms with Crippen LogP contribution in [0.2, 0.25) is 0 Å². The minimum Gasteiger partial charge on any atom is -0.490 e. The Hall–Kier alpha value is -3.81. The van der Waals surface area contributed by atoms with Crippen LogP contribution in [0.1, 0.15) is 43.4 Å². The lowest BCUT2D eigenvalue weighted by molar-refractivity contribution is -0.116. The van der Waals surface area contributed by atoms with Gasteiger partial charge in [-0.2, -0.15) is 0 Å². The van der Waals surface area contributed by atoms with Crippen LogP contribution in [0.5, 0.6) is 17.2 Å². The van der Waals surface area contributed by atoms with E-state index in [1.165, 1.54) is 18.9 Å². The van der Waals surface area contributed by atoms with E-state index in [-0.39, 0.29) is 5.91 Å². The van der Waals surface area contributed by atoms with Crippen LogP contribution in [0.15, 0.2) is 54.6 Å². The van der Waals surface area contributed by atoms with Crippen LogP contribution < -0.4 is 19.5 Å². The summed E-state index contributed by atoms with van der Waals surface area (Å²) >= 11 is 0. The molecular formula is C28H34N4O4. The first-order valence-electron chi connectivity index (χ1n) is 12.7. The highest BCUT2D eigenvalue weighted by Gasteiger charge is 2.14. The quantitative estimate of drug-likeness (QED) is 0.302. The zero-order valence-corrected chi connectivity index (χ0v) is 20.8. The number of fused-ring (bicyclic) bond motifs is 1. The molecule has 0 unspecified atom stereocenters. The van der Waals surface area contributed by atoms with Crippen LogP contribution in [0.3, 0.4) is 0 Å². The van der Waals surface area contributed by atoms with Gasteiger partial charge >= 0.3 is 0 Å². The summed E-state index contributed by atoms with van der Waals surface area (Å²) in [5.41, 5.74) is 0.851. The van der Waals surface area contributed by atoms with Gasteiger partial charge in [-0.3, -0.25) is 4.79 Å². The van der Waals surface area contributed by atoms with Crippen LogP contribution >= 0.6 is 0 Å². The van der Waals surface area contributed by atoms with Gasteiger partial charge in [-0.15, -0.1) is 10.2 Å². The molecule has 0 atom stereocenters. The first-order chi connectivity index (χ1) is 17.7. The molecule has 1 aliphatic heterocycles. The summed E-state index contributed by atoms with van der Waals surface area (Å²) < 4.78 is 19.5. The minimum atomic E-state index is -0.151. The second kappa shape index (κ2) is 13.3.